The largest absolute Gasteiger partial charge is 0.490 e. The Morgan fingerprint density at radius 1 is 0.882 bits per heavy atom. The number of terminal acetylenes is 1. The van der Waals surface area contributed by atoms with Gasteiger partial charge in [-0.1, -0.05) is 73.1 Å². The molecule has 2 aromatic rings. The summed E-state index contributed by atoms with van der Waals surface area (Å²) >= 11 is 31.8. The molecule has 0 amide bonds. The van der Waals surface area contributed by atoms with Crippen LogP contribution in [0.1, 0.15) is 31.9 Å². The molecule has 0 aromatic heterocycles. The maximum Gasteiger partial charge on any atom is 0.156 e. The number of aliphatic hydroxyl groups is 1. The van der Waals surface area contributed by atoms with Gasteiger partial charge in [-0.05, 0) is 35.4 Å². The van der Waals surface area contributed by atoms with Crippen molar-refractivity contribution < 1.29 is 19.3 Å². The van der Waals surface area contributed by atoms with Gasteiger partial charge in [0, 0.05) is 17.2 Å². The summed E-state index contributed by atoms with van der Waals surface area (Å²) in [6, 6.07) is 7.15. The molecule has 9 heteroatoms. The Kier molecular flexibility index (Phi) is 11.4. The molecule has 0 aliphatic carbocycles. The fourth-order valence-electron chi connectivity index (χ4n) is 3.04. The van der Waals surface area contributed by atoms with Gasteiger partial charge in [0.05, 0.1) is 33.3 Å². The Hall–Kier alpha value is -1.03. The third kappa shape index (κ3) is 7.73. The van der Waals surface area contributed by atoms with Gasteiger partial charge in [-0.25, -0.2) is 0 Å². The zero-order chi connectivity index (χ0) is 25.5. The molecule has 0 radical (unpaired) electrons. The number of rotatable bonds is 12. The predicted octanol–water partition coefficient (Wildman–Crippen LogP) is 7.27. The summed E-state index contributed by atoms with van der Waals surface area (Å²) < 4.78 is 16.5. The minimum Gasteiger partial charge on any atom is -0.490 e. The van der Waals surface area contributed by atoms with E-state index in [1.54, 1.807) is 12.1 Å². The molecule has 0 spiro atoms. The standard InChI is InChI=1S/C25H27Cl5O4/c1-5-6-32-13-18(31)14-34-24-21(29)9-17(10-22(24)30)25(3,4)16-7-19(27)23(20(28)8-16)33-12-15(2)11-26/h1,7-10,15,18,31H,6,11-14H2,2-4H3/t15-,18-/m1/s1. The minimum absolute atomic E-state index is 0.0383. The van der Waals surface area contributed by atoms with Crippen LogP contribution in [0.15, 0.2) is 24.3 Å². The summed E-state index contributed by atoms with van der Waals surface area (Å²) in [6.45, 7) is 6.47. The molecule has 0 heterocycles. The lowest BCUT2D eigenvalue weighted by Crippen LogP contribution is -2.24. The van der Waals surface area contributed by atoms with Gasteiger partial charge in [0.2, 0.25) is 0 Å². The van der Waals surface area contributed by atoms with Gasteiger partial charge in [0.25, 0.3) is 0 Å². The molecule has 0 aliphatic heterocycles. The van der Waals surface area contributed by atoms with E-state index in [0.29, 0.717) is 38.3 Å². The van der Waals surface area contributed by atoms with E-state index in [0.717, 1.165) is 11.1 Å². The molecule has 186 valence electrons. The summed E-state index contributed by atoms with van der Waals surface area (Å²) in [5.41, 5.74) is 1.12. The molecule has 0 saturated heterocycles. The average Bonchev–Trinajstić information content (AvgIpc) is 2.77. The minimum atomic E-state index is -0.881. The molecule has 0 saturated carbocycles. The van der Waals surface area contributed by atoms with Crippen LogP contribution in [-0.4, -0.2) is 43.5 Å². The maximum absolute atomic E-state index is 9.96. The molecule has 2 atom stereocenters. The van der Waals surface area contributed by atoms with Gasteiger partial charge in [0.1, 0.15) is 19.3 Å². The zero-order valence-electron chi connectivity index (χ0n) is 19.1. The summed E-state index contributed by atoms with van der Waals surface area (Å²) in [6.07, 6.45) is 4.24. The van der Waals surface area contributed by atoms with E-state index in [1.165, 1.54) is 0 Å². The lowest BCUT2D eigenvalue weighted by atomic mass is 9.78. The first-order valence-electron chi connectivity index (χ1n) is 10.5. The van der Waals surface area contributed by atoms with E-state index >= 15 is 0 Å². The highest BCUT2D eigenvalue weighted by molar-refractivity contribution is 6.38. The Bertz CT molecular complexity index is 973. The van der Waals surface area contributed by atoms with Crippen molar-refractivity contribution in [3.63, 3.8) is 0 Å². The van der Waals surface area contributed by atoms with E-state index in [4.69, 9.17) is 78.6 Å². The average molecular weight is 569 g/mol. The first-order chi connectivity index (χ1) is 16.0. The predicted molar refractivity (Wildman–Crippen MR) is 142 cm³/mol. The Balaban J connectivity index is 2.24. The normalized spacial score (nSPS) is 13.3. The Morgan fingerprint density at radius 3 is 1.74 bits per heavy atom. The molecule has 4 nitrogen and oxygen atoms in total. The molecule has 0 bridgehead atoms. The van der Waals surface area contributed by atoms with Crippen molar-refractivity contribution in [1.82, 2.24) is 0 Å². The third-order valence-electron chi connectivity index (χ3n) is 5.13. The van der Waals surface area contributed by atoms with E-state index in [1.807, 2.05) is 32.9 Å². The number of hydrogen-bond donors (Lipinski definition) is 1. The fraction of sp³-hybridized carbons (Fsp3) is 0.440. The molecule has 34 heavy (non-hydrogen) atoms. The number of benzene rings is 2. The van der Waals surface area contributed by atoms with Crippen LogP contribution in [-0.2, 0) is 10.2 Å². The van der Waals surface area contributed by atoms with E-state index < -0.39 is 11.5 Å². The number of hydrogen-bond acceptors (Lipinski definition) is 4. The highest BCUT2D eigenvalue weighted by Crippen LogP contribution is 2.43. The van der Waals surface area contributed by atoms with Crippen LogP contribution in [0.2, 0.25) is 20.1 Å². The van der Waals surface area contributed by atoms with Gasteiger partial charge in [0.15, 0.2) is 11.5 Å². The second-order valence-corrected chi connectivity index (χ2v) is 10.4. The van der Waals surface area contributed by atoms with Gasteiger partial charge < -0.3 is 19.3 Å². The monoisotopic (exact) mass is 566 g/mol. The van der Waals surface area contributed by atoms with Gasteiger partial charge in [-0.2, -0.15) is 0 Å². The Labute approximate surface area is 226 Å². The van der Waals surface area contributed by atoms with Gasteiger partial charge >= 0.3 is 0 Å². The van der Waals surface area contributed by atoms with Crippen LogP contribution in [0.25, 0.3) is 0 Å². The lowest BCUT2D eigenvalue weighted by Gasteiger charge is -2.28. The molecule has 1 N–H and O–H groups in total. The first kappa shape index (κ1) is 29.2. The third-order valence-corrected chi connectivity index (χ3v) is 6.78. The SMILES string of the molecule is C#CCOC[C@@H](O)COc1c(Cl)cc(C(C)(C)c2cc(Cl)c(OC[C@H](C)CCl)c(Cl)c2)cc1Cl. The highest BCUT2D eigenvalue weighted by atomic mass is 35.5. The van der Waals surface area contributed by atoms with Crippen LogP contribution in [0.5, 0.6) is 11.5 Å². The van der Waals surface area contributed by atoms with E-state index in [-0.39, 0.29) is 31.5 Å². The van der Waals surface area contributed by atoms with E-state index in [2.05, 4.69) is 5.92 Å². The lowest BCUT2D eigenvalue weighted by molar-refractivity contribution is 0.0229. The van der Waals surface area contributed by atoms with Gasteiger partial charge in [-0.3, -0.25) is 0 Å². The fourth-order valence-corrected chi connectivity index (χ4v) is 4.32. The maximum atomic E-state index is 9.96. The van der Waals surface area contributed by atoms with Crippen molar-refractivity contribution in [2.24, 2.45) is 5.92 Å². The van der Waals surface area contributed by atoms with Crippen molar-refractivity contribution in [3.05, 3.63) is 55.5 Å². The van der Waals surface area contributed by atoms with Crippen molar-refractivity contribution >= 4 is 58.0 Å². The van der Waals surface area contributed by atoms with Crippen molar-refractivity contribution in [2.45, 2.75) is 32.3 Å². The molecule has 2 rings (SSSR count). The smallest absolute Gasteiger partial charge is 0.156 e. The number of aliphatic hydroxyl groups excluding tert-OH is 1. The summed E-state index contributed by atoms with van der Waals surface area (Å²) in [7, 11) is 0. The zero-order valence-corrected chi connectivity index (χ0v) is 22.9. The summed E-state index contributed by atoms with van der Waals surface area (Å²) in [5, 5.41) is 11.4. The number of halogens is 5. The van der Waals surface area contributed by atoms with Crippen molar-refractivity contribution in [3.8, 4) is 23.8 Å². The van der Waals surface area contributed by atoms with Crippen molar-refractivity contribution in [1.29, 1.82) is 0 Å². The van der Waals surface area contributed by atoms with Crippen LogP contribution in [0, 0.1) is 18.3 Å². The molecular weight excluding hydrogens is 542 g/mol. The number of ether oxygens (including phenoxy) is 3. The Morgan fingerprint density at radius 2 is 1.32 bits per heavy atom. The quantitative estimate of drug-likeness (QED) is 0.166. The van der Waals surface area contributed by atoms with Crippen LogP contribution >= 0.6 is 58.0 Å². The van der Waals surface area contributed by atoms with Crippen LogP contribution in [0.4, 0.5) is 0 Å². The molecule has 0 fully saturated rings. The summed E-state index contributed by atoms with van der Waals surface area (Å²) in [4.78, 5) is 0. The number of alkyl halides is 1. The molecule has 0 aliphatic rings. The topological polar surface area (TPSA) is 47.9 Å². The molecule has 0 unspecified atom stereocenters. The summed E-state index contributed by atoms with van der Waals surface area (Å²) in [5.74, 6) is 3.65. The molecular formula is C25H27Cl5O4. The second-order valence-electron chi connectivity index (χ2n) is 8.42. The molecule has 2 aromatic carbocycles. The van der Waals surface area contributed by atoms with E-state index in [9.17, 15) is 5.11 Å². The van der Waals surface area contributed by atoms with Crippen LogP contribution in [0.3, 0.4) is 0 Å². The first-order valence-corrected chi connectivity index (χ1v) is 12.6. The van der Waals surface area contributed by atoms with Gasteiger partial charge in [-0.15, -0.1) is 18.0 Å². The van der Waals surface area contributed by atoms with Crippen LogP contribution < -0.4 is 9.47 Å². The second kappa shape index (κ2) is 13.3. The van der Waals surface area contributed by atoms with Crippen molar-refractivity contribution in [2.75, 3.05) is 32.3 Å². The highest BCUT2D eigenvalue weighted by Gasteiger charge is 2.28.